The molecule has 0 spiro atoms. The third kappa shape index (κ3) is 4.01. The molecule has 152 valence electrons. The normalized spacial score (nSPS) is 10.8. The van der Waals surface area contributed by atoms with Crippen LogP contribution in [0.25, 0.3) is 16.6 Å². The summed E-state index contributed by atoms with van der Waals surface area (Å²) < 4.78 is 0.968. The van der Waals surface area contributed by atoms with Gasteiger partial charge in [0, 0.05) is 5.56 Å². The van der Waals surface area contributed by atoms with E-state index in [2.05, 4.69) is 10.3 Å². The average molecular weight is 423 g/mol. The minimum absolute atomic E-state index is 0.175. The van der Waals surface area contributed by atoms with Crippen LogP contribution in [0.4, 0.5) is 0 Å². The quantitative estimate of drug-likeness (QED) is 0.475. The first kappa shape index (κ1) is 21.0. The number of hydrogen-bond donors (Lipinski definition) is 2. The van der Waals surface area contributed by atoms with E-state index >= 15 is 0 Å². The van der Waals surface area contributed by atoms with Crippen molar-refractivity contribution in [3.05, 3.63) is 74.9 Å². The second-order valence-electron chi connectivity index (χ2n) is 6.64. The average Bonchev–Trinajstić information content (AvgIpc) is 2.67. The van der Waals surface area contributed by atoms with Gasteiger partial charge in [-0.2, -0.15) is 0 Å². The number of hydrogen-bond acceptors (Lipinski definition) is 6. The number of nitrogens with one attached hydrogen (secondary N) is 2. The molecule has 0 fully saturated rings. The summed E-state index contributed by atoms with van der Waals surface area (Å²) in [5, 5.41) is 2.73. The smallest absolute Gasteiger partial charge is 0.315 e. The van der Waals surface area contributed by atoms with Gasteiger partial charge in [0.1, 0.15) is 22.5 Å². The standard InChI is InChI=1S/C21H17N3O5S/c1-11(25)17(12(2)26)19(30)23-18(27)13-7-9-14(10-8-13)24-20(28)15-5-3-4-6-16(15)22-21(24)29/h3-10,17H,1-2H3,(H,22,29)(H,23,27,30). The number of carbonyl (C=O) groups is 3. The number of aromatic nitrogens is 2. The number of thiocarbonyl (C=S) groups is 1. The SMILES string of the molecule is CC(=O)C(C(C)=O)C(=S)NC(=O)c1ccc(-n2c(=O)[nH]c3ccccc3c2=O)cc1. The number of para-hydroxylation sites is 1. The summed E-state index contributed by atoms with van der Waals surface area (Å²) in [4.78, 5) is 63.1. The molecule has 2 aromatic carbocycles. The van der Waals surface area contributed by atoms with Crippen molar-refractivity contribution in [3.63, 3.8) is 0 Å². The number of ketones is 2. The lowest BCUT2D eigenvalue weighted by atomic mass is 10.0. The van der Waals surface area contributed by atoms with Crippen LogP contribution in [-0.2, 0) is 9.59 Å². The number of amides is 1. The Hall–Kier alpha value is -3.72. The Bertz CT molecular complexity index is 1290. The minimum atomic E-state index is -1.18. The van der Waals surface area contributed by atoms with Crippen LogP contribution in [-0.4, -0.2) is 32.0 Å². The molecule has 0 radical (unpaired) electrons. The van der Waals surface area contributed by atoms with Crippen molar-refractivity contribution in [2.45, 2.75) is 13.8 Å². The van der Waals surface area contributed by atoms with E-state index in [0.717, 1.165) is 4.57 Å². The van der Waals surface area contributed by atoms with Crippen LogP contribution in [0.1, 0.15) is 24.2 Å². The summed E-state index contributed by atoms with van der Waals surface area (Å²) in [6, 6.07) is 12.3. The van der Waals surface area contributed by atoms with Crippen LogP contribution < -0.4 is 16.6 Å². The molecule has 0 atom stereocenters. The number of carbonyl (C=O) groups excluding carboxylic acids is 3. The number of H-pyrrole nitrogens is 1. The van der Waals surface area contributed by atoms with Gasteiger partial charge in [0.2, 0.25) is 0 Å². The molecule has 0 aliphatic heterocycles. The zero-order valence-corrected chi connectivity index (χ0v) is 16.9. The Balaban J connectivity index is 1.90. The highest BCUT2D eigenvalue weighted by atomic mass is 32.1. The van der Waals surface area contributed by atoms with E-state index in [9.17, 15) is 24.0 Å². The third-order valence-electron chi connectivity index (χ3n) is 4.50. The van der Waals surface area contributed by atoms with Gasteiger partial charge in [-0.15, -0.1) is 0 Å². The predicted octanol–water partition coefficient (Wildman–Crippen LogP) is 1.53. The summed E-state index contributed by atoms with van der Waals surface area (Å²) >= 11 is 5.02. The molecular weight excluding hydrogens is 406 g/mol. The summed E-state index contributed by atoms with van der Waals surface area (Å²) in [7, 11) is 0. The molecular formula is C21H17N3O5S. The van der Waals surface area contributed by atoms with Crippen LogP contribution >= 0.6 is 12.2 Å². The molecule has 2 N–H and O–H groups in total. The molecule has 0 saturated heterocycles. The lowest BCUT2D eigenvalue weighted by Gasteiger charge is -2.13. The van der Waals surface area contributed by atoms with E-state index in [-0.39, 0.29) is 16.2 Å². The van der Waals surface area contributed by atoms with Crippen LogP contribution in [0.3, 0.4) is 0 Å². The van der Waals surface area contributed by atoms with Crippen LogP contribution in [0.2, 0.25) is 0 Å². The van der Waals surface area contributed by atoms with Gasteiger partial charge in [-0.1, -0.05) is 24.4 Å². The molecule has 1 amide bonds. The monoisotopic (exact) mass is 423 g/mol. The summed E-state index contributed by atoms with van der Waals surface area (Å²) in [5.41, 5.74) is -0.214. The summed E-state index contributed by atoms with van der Waals surface area (Å²) in [5.74, 6) is -2.71. The Morgan fingerprint density at radius 3 is 2.17 bits per heavy atom. The zero-order chi connectivity index (χ0) is 22.0. The van der Waals surface area contributed by atoms with Crippen molar-refractivity contribution in [3.8, 4) is 5.69 Å². The fourth-order valence-electron chi connectivity index (χ4n) is 3.07. The van der Waals surface area contributed by atoms with Crippen molar-refractivity contribution in [2.75, 3.05) is 0 Å². The fraction of sp³-hybridized carbons (Fsp3) is 0.143. The molecule has 0 aliphatic carbocycles. The second kappa shape index (κ2) is 8.34. The molecule has 0 unspecified atom stereocenters. The first-order valence-corrected chi connectivity index (χ1v) is 9.32. The number of rotatable bonds is 5. The topological polar surface area (TPSA) is 118 Å². The van der Waals surface area contributed by atoms with Crippen LogP contribution in [0, 0.1) is 5.92 Å². The number of benzene rings is 2. The zero-order valence-electron chi connectivity index (χ0n) is 16.1. The third-order valence-corrected chi connectivity index (χ3v) is 4.84. The maximum absolute atomic E-state index is 12.7. The number of fused-ring (bicyclic) bond motifs is 1. The Morgan fingerprint density at radius 1 is 0.967 bits per heavy atom. The number of nitrogens with zero attached hydrogens (tertiary/aromatic N) is 1. The van der Waals surface area contributed by atoms with Gasteiger partial charge in [-0.25, -0.2) is 9.36 Å². The van der Waals surface area contributed by atoms with Gasteiger partial charge in [0.15, 0.2) is 0 Å². The van der Waals surface area contributed by atoms with Gasteiger partial charge in [0.25, 0.3) is 11.5 Å². The lowest BCUT2D eigenvalue weighted by Crippen LogP contribution is -2.40. The van der Waals surface area contributed by atoms with Crippen molar-refractivity contribution in [2.24, 2.45) is 5.92 Å². The molecule has 30 heavy (non-hydrogen) atoms. The lowest BCUT2D eigenvalue weighted by molar-refractivity contribution is -0.127. The fourth-order valence-corrected chi connectivity index (χ4v) is 3.50. The van der Waals surface area contributed by atoms with E-state index in [1.165, 1.54) is 38.1 Å². The first-order chi connectivity index (χ1) is 14.2. The first-order valence-electron chi connectivity index (χ1n) is 8.91. The highest BCUT2D eigenvalue weighted by molar-refractivity contribution is 7.80. The van der Waals surface area contributed by atoms with Gasteiger partial charge >= 0.3 is 5.69 Å². The van der Waals surface area contributed by atoms with Gasteiger partial charge < -0.3 is 10.3 Å². The largest absolute Gasteiger partial charge is 0.333 e. The molecule has 8 nitrogen and oxygen atoms in total. The number of Topliss-reactive ketones (excluding diaryl/α,β-unsaturated/α-hetero) is 2. The predicted molar refractivity (Wildman–Crippen MR) is 115 cm³/mol. The van der Waals surface area contributed by atoms with Crippen LogP contribution in [0.5, 0.6) is 0 Å². The van der Waals surface area contributed by atoms with E-state index in [4.69, 9.17) is 12.2 Å². The molecule has 0 bridgehead atoms. The van der Waals surface area contributed by atoms with Crippen molar-refractivity contribution >= 4 is 45.6 Å². The highest BCUT2D eigenvalue weighted by Gasteiger charge is 2.26. The maximum Gasteiger partial charge on any atom is 0.333 e. The molecule has 0 aliphatic rings. The summed E-state index contributed by atoms with van der Waals surface area (Å²) in [6.45, 7) is 2.44. The highest BCUT2D eigenvalue weighted by Crippen LogP contribution is 2.10. The van der Waals surface area contributed by atoms with Crippen LogP contribution in [0.15, 0.2) is 58.1 Å². The van der Waals surface area contributed by atoms with Crippen molar-refractivity contribution < 1.29 is 14.4 Å². The van der Waals surface area contributed by atoms with Crippen molar-refractivity contribution in [1.29, 1.82) is 0 Å². The summed E-state index contributed by atoms with van der Waals surface area (Å²) in [6.07, 6.45) is 0. The van der Waals surface area contributed by atoms with E-state index in [1.54, 1.807) is 24.3 Å². The molecule has 0 saturated carbocycles. The van der Waals surface area contributed by atoms with E-state index < -0.39 is 34.6 Å². The van der Waals surface area contributed by atoms with Gasteiger partial charge in [0.05, 0.1) is 16.6 Å². The van der Waals surface area contributed by atoms with Crippen molar-refractivity contribution in [1.82, 2.24) is 14.9 Å². The second-order valence-corrected chi connectivity index (χ2v) is 7.08. The van der Waals surface area contributed by atoms with Gasteiger partial charge in [-0.3, -0.25) is 19.2 Å². The Kier molecular flexibility index (Phi) is 5.84. The van der Waals surface area contributed by atoms with Gasteiger partial charge in [-0.05, 0) is 50.2 Å². The molecule has 9 heteroatoms. The van der Waals surface area contributed by atoms with E-state index in [1.807, 2.05) is 0 Å². The molecule has 1 aromatic heterocycles. The number of aromatic amines is 1. The molecule has 3 aromatic rings. The Morgan fingerprint density at radius 2 is 1.57 bits per heavy atom. The Labute approximate surface area is 175 Å². The molecule has 1 heterocycles. The molecule has 3 rings (SSSR count). The minimum Gasteiger partial charge on any atom is -0.315 e. The van der Waals surface area contributed by atoms with E-state index in [0.29, 0.717) is 10.9 Å². The maximum atomic E-state index is 12.7.